The largest absolute Gasteiger partial charge is 0.497 e. The van der Waals surface area contributed by atoms with Crippen molar-refractivity contribution in [2.45, 2.75) is 39.3 Å². The molecule has 8 heteroatoms. The van der Waals surface area contributed by atoms with Gasteiger partial charge in [-0.05, 0) is 42.5 Å². The van der Waals surface area contributed by atoms with E-state index in [0.29, 0.717) is 6.54 Å². The van der Waals surface area contributed by atoms with E-state index in [1.165, 1.54) is 10.4 Å². The second-order valence-electron chi connectivity index (χ2n) is 6.93. The van der Waals surface area contributed by atoms with Crippen molar-refractivity contribution in [1.29, 1.82) is 0 Å². The molecule has 1 unspecified atom stereocenters. The topological polar surface area (TPSA) is 76.4 Å². The molecule has 30 heavy (non-hydrogen) atoms. The SMILES string of the molecule is CCc1nncn1CCNC(=NCCc1ccc(OC)cc1)NC(C)c1cccs1. The summed E-state index contributed by atoms with van der Waals surface area (Å²) < 4.78 is 7.30. The van der Waals surface area contributed by atoms with E-state index in [1.54, 1.807) is 24.8 Å². The van der Waals surface area contributed by atoms with Crippen molar-refractivity contribution in [3.05, 3.63) is 64.4 Å². The van der Waals surface area contributed by atoms with Crippen LogP contribution in [0.5, 0.6) is 5.75 Å². The molecule has 0 fully saturated rings. The molecule has 2 aromatic heterocycles. The van der Waals surface area contributed by atoms with Crippen molar-refractivity contribution >= 4 is 17.3 Å². The van der Waals surface area contributed by atoms with Crippen LogP contribution in [0.25, 0.3) is 0 Å². The van der Waals surface area contributed by atoms with Crippen LogP contribution in [0.3, 0.4) is 0 Å². The fourth-order valence-electron chi connectivity index (χ4n) is 3.09. The summed E-state index contributed by atoms with van der Waals surface area (Å²) in [5.74, 6) is 2.68. The van der Waals surface area contributed by atoms with Crippen LogP contribution < -0.4 is 15.4 Å². The van der Waals surface area contributed by atoms with Gasteiger partial charge in [-0.1, -0.05) is 25.1 Å². The van der Waals surface area contributed by atoms with Crippen LogP contribution in [0, 0.1) is 0 Å². The second kappa shape index (κ2) is 11.3. The van der Waals surface area contributed by atoms with Crippen molar-refractivity contribution in [3.63, 3.8) is 0 Å². The van der Waals surface area contributed by atoms with Gasteiger partial charge in [-0.2, -0.15) is 0 Å². The minimum absolute atomic E-state index is 0.193. The molecule has 0 amide bonds. The molecule has 0 saturated heterocycles. The molecular formula is C22H30N6OS. The summed E-state index contributed by atoms with van der Waals surface area (Å²) in [5.41, 5.74) is 1.24. The van der Waals surface area contributed by atoms with E-state index in [1.807, 2.05) is 12.1 Å². The van der Waals surface area contributed by atoms with Gasteiger partial charge in [0.05, 0.1) is 13.2 Å². The highest BCUT2D eigenvalue weighted by atomic mass is 32.1. The van der Waals surface area contributed by atoms with Gasteiger partial charge in [-0.25, -0.2) is 0 Å². The summed E-state index contributed by atoms with van der Waals surface area (Å²) in [6, 6.07) is 12.5. The van der Waals surface area contributed by atoms with Crippen LogP contribution in [0.4, 0.5) is 0 Å². The van der Waals surface area contributed by atoms with Crippen LogP contribution in [0.2, 0.25) is 0 Å². The number of benzene rings is 1. The monoisotopic (exact) mass is 426 g/mol. The van der Waals surface area contributed by atoms with E-state index < -0.39 is 0 Å². The van der Waals surface area contributed by atoms with Crippen LogP contribution in [-0.4, -0.2) is 40.9 Å². The summed E-state index contributed by atoms with van der Waals surface area (Å²) >= 11 is 1.75. The minimum atomic E-state index is 0.193. The summed E-state index contributed by atoms with van der Waals surface area (Å²) in [4.78, 5) is 6.08. The average Bonchev–Trinajstić information content (AvgIpc) is 3.46. The first-order valence-electron chi connectivity index (χ1n) is 10.3. The summed E-state index contributed by atoms with van der Waals surface area (Å²) in [7, 11) is 1.68. The zero-order chi connectivity index (χ0) is 21.2. The molecule has 1 aromatic carbocycles. The minimum Gasteiger partial charge on any atom is -0.497 e. The third kappa shape index (κ3) is 6.32. The van der Waals surface area contributed by atoms with E-state index in [9.17, 15) is 0 Å². The van der Waals surface area contributed by atoms with Gasteiger partial charge in [0.2, 0.25) is 0 Å². The lowest BCUT2D eigenvalue weighted by atomic mass is 10.1. The number of guanidine groups is 1. The molecule has 2 heterocycles. The predicted octanol–water partition coefficient (Wildman–Crippen LogP) is 3.45. The number of thiophene rings is 1. The third-order valence-electron chi connectivity index (χ3n) is 4.81. The Balaban J connectivity index is 1.59. The number of aromatic nitrogens is 3. The Morgan fingerprint density at radius 1 is 1.27 bits per heavy atom. The Kier molecular flexibility index (Phi) is 8.26. The molecule has 0 spiro atoms. The first-order valence-corrected chi connectivity index (χ1v) is 11.2. The van der Waals surface area contributed by atoms with E-state index in [0.717, 1.165) is 43.5 Å². The molecular weight excluding hydrogens is 396 g/mol. The zero-order valence-electron chi connectivity index (χ0n) is 17.8. The number of hydrogen-bond donors (Lipinski definition) is 2. The molecule has 3 aromatic rings. The third-order valence-corrected chi connectivity index (χ3v) is 5.86. The van der Waals surface area contributed by atoms with Gasteiger partial charge in [0.15, 0.2) is 5.96 Å². The highest BCUT2D eigenvalue weighted by molar-refractivity contribution is 7.10. The molecule has 0 saturated carbocycles. The molecule has 0 aliphatic rings. The van der Waals surface area contributed by atoms with Crippen molar-refractivity contribution in [3.8, 4) is 5.75 Å². The molecule has 0 aliphatic carbocycles. The van der Waals surface area contributed by atoms with Gasteiger partial charge < -0.3 is 19.9 Å². The Morgan fingerprint density at radius 2 is 2.10 bits per heavy atom. The molecule has 160 valence electrons. The van der Waals surface area contributed by atoms with Gasteiger partial charge >= 0.3 is 0 Å². The zero-order valence-corrected chi connectivity index (χ0v) is 18.7. The molecule has 0 aliphatic heterocycles. The Labute approximate surface area is 182 Å². The number of aliphatic imine (C=N–C) groups is 1. The van der Waals surface area contributed by atoms with Gasteiger partial charge in [0.25, 0.3) is 0 Å². The summed E-state index contributed by atoms with van der Waals surface area (Å²) in [6.07, 6.45) is 3.52. The van der Waals surface area contributed by atoms with Crippen molar-refractivity contribution in [1.82, 2.24) is 25.4 Å². The van der Waals surface area contributed by atoms with Crippen LogP contribution in [0.15, 0.2) is 53.1 Å². The number of nitrogens with one attached hydrogen (secondary N) is 2. The van der Waals surface area contributed by atoms with Crippen LogP contribution in [-0.2, 0) is 19.4 Å². The normalized spacial score (nSPS) is 12.6. The fourth-order valence-corrected chi connectivity index (χ4v) is 3.82. The Bertz CT molecular complexity index is 904. The molecule has 1 atom stereocenters. The number of ether oxygens (including phenoxy) is 1. The smallest absolute Gasteiger partial charge is 0.191 e. The average molecular weight is 427 g/mol. The number of methoxy groups -OCH3 is 1. The lowest BCUT2D eigenvalue weighted by molar-refractivity contribution is 0.414. The highest BCUT2D eigenvalue weighted by Crippen LogP contribution is 2.18. The maximum absolute atomic E-state index is 5.22. The lowest BCUT2D eigenvalue weighted by Gasteiger charge is -2.18. The Hall–Kier alpha value is -2.87. The summed E-state index contributed by atoms with van der Waals surface area (Å²) in [5, 5.41) is 17.2. The first kappa shape index (κ1) is 21.8. The maximum atomic E-state index is 5.22. The second-order valence-corrected chi connectivity index (χ2v) is 7.91. The molecule has 3 rings (SSSR count). The van der Waals surface area contributed by atoms with E-state index >= 15 is 0 Å². The molecule has 7 nitrogen and oxygen atoms in total. The standard InChI is InChI=1S/C22H30N6OS/c1-4-21-27-25-16-28(21)14-13-24-22(26-17(2)20-6-5-15-30-20)23-12-11-18-7-9-19(29-3)10-8-18/h5-10,15-17H,4,11-14H2,1-3H3,(H2,23,24,26). The molecule has 0 radical (unpaired) electrons. The maximum Gasteiger partial charge on any atom is 0.191 e. The summed E-state index contributed by atoms with van der Waals surface area (Å²) in [6.45, 7) is 6.48. The lowest BCUT2D eigenvalue weighted by Crippen LogP contribution is -2.40. The van der Waals surface area contributed by atoms with Gasteiger partial charge in [-0.3, -0.25) is 4.99 Å². The van der Waals surface area contributed by atoms with Gasteiger partial charge in [0.1, 0.15) is 17.9 Å². The van der Waals surface area contributed by atoms with Gasteiger partial charge in [-0.15, -0.1) is 21.5 Å². The quantitative estimate of drug-likeness (QED) is 0.384. The number of nitrogens with zero attached hydrogens (tertiary/aromatic N) is 4. The van der Waals surface area contributed by atoms with Crippen molar-refractivity contribution < 1.29 is 4.74 Å². The number of aryl methyl sites for hydroxylation is 1. The van der Waals surface area contributed by atoms with Crippen molar-refractivity contribution in [2.24, 2.45) is 4.99 Å². The number of rotatable bonds is 10. The predicted molar refractivity (Wildman–Crippen MR) is 122 cm³/mol. The van der Waals surface area contributed by atoms with E-state index in [2.05, 4.69) is 68.9 Å². The van der Waals surface area contributed by atoms with Gasteiger partial charge in [0, 0.05) is 30.9 Å². The van der Waals surface area contributed by atoms with Crippen LogP contribution >= 0.6 is 11.3 Å². The fraction of sp³-hybridized carbons (Fsp3) is 0.409. The number of hydrogen-bond acceptors (Lipinski definition) is 5. The molecule has 0 bridgehead atoms. The first-order chi connectivity index (χ1) is 14.7. The van der Waals surface area contributed by atoms with E-state index in [-0.39, 0.29) is 6.04 Å². The van der Waals surface area contributed by atoms with E-state index in [4.69, 9.17) is 9.73 Å². The highest BCUT2D eigenvalue weighted by Gasteiger charge is 2.09. The molecule has 2 N–H and O–H groups in total. The van der Waals surface area contributed by atoms with Crippen molar-refractivity contribution in [2.75, 3.05) is 20.2 Å². The van der Waals surface area contributed by atoms with Crippen LogP contribution in [0.1, 0.15) is 36.2 Å². The Morgan fingerprint density at radius 3 is 2.80 bits per heavy atom.